The molecule has 0 atom stereocenters. The van der Waals surface area contributed by atoms with E-state index in [0.29, 0.717) is 15.1 Å². The third-order valence-corrected chi connectivity index (χ3v) is 4.41. The quantitative estimate of drug-likeness (QED) is 0.647. The smallest absolute Gasteiger partial charge is 0.244 e. The first-order valence-corrected chi connectivity index (χ1v) is 7.64. The van der Waals surface area contributed by atoms with Gasteiger partial charge in [0.25, 0.3) is 0 Å². The molecule has 7 heteroatoms. The molecule has 0 fully saturated rings. The van der Waals surface area contributed by atoms with E-state index in [1.54, 1.807) is 30.5 Å². The van der Waals surface area contributed by atoms with Crippen LogP contribution in [-0.4, -0.2) is 17.0 Å². The molecule has 0 spiro atoms. The van der Waals surface area contributed by atoms with E-state index in [1.165, 1.54) is 4.57 Å². The van der Waals surface area contributed by atoms with Crippen LogP contribution in [0.2, 0.25) is 15.1 Å². The summed E-state index contributed by atoms with van der Waals surface area (Å²) < 4.78 is 1.53. The number of nitrogens with zero attached hydrogens (tertiary/aromatic N) is 1. The van der Waals surface area contributed by atoms with Crippen LogP contribution in [0.25, 0.3) is 22.0 Å². The Morgan fingerprint density at radius 3 is 2.43 bits per heavy atom. The molecule has 3 aromatic rings. The first-order chi connectivity index (χ1) is 10.5. The number of aromatic nitrogens is 1. The second kappa shape index (κ2) is 7.12. The number of rotatable bonds is 2. The summed E-state index contributed by atoms with van der Waals surface area (Å²) in [5, 5.41) is 2.37. The van der Waals surface area contributed by atoms with Gasteiger partial charge in [-0.2, -0.15) is 0 Å². The van der Waals surface area contributed by atoms with Crippen molar-refractivity contribution >= 4 is 64.0 Å². The summed E-state index contributed by atoms with van der Waals surface area (Å²) in [4.78, 5) is 12.0. The fourth-order valence-electron chi connectivity index (χ4n) is 2.40. The van der Waals surface area contributed by atoms with Crippen LogP contribution >= 0.6 is 47.2 Å². The standard InChI is InChI=1S/C16H11Cl3N2O.ClH/c17-10-2-4-15-11(6-10)12(8-21(15)16(22)7-20)9-1-3-13(18)14(19)5-9;/h1-6,8H,7,20H2;1H. The monoisotopic (exact) mass is 388 g/mol. The van der Waals surface area contributed by atoms with Gasteiger partial charge in [0.1, 0.15) is 0 Å². The minimum Gasteiger partial charge on any atom is -0.322 e. The number of halogens is 4. The molecule has 0 saturated carbocycles. The van der Waals surface area contributed by atoms with Crippen LogP contribution in [-0.2, 0) is 0 Å². The van der Waals surface area contributed by atoms with Gasteiger partial charge in [0.05, 0.1) is 22.1 Å². The van der Waals surface area contributed by atoms with Gasteiger partial charge in [-0.05, 0) is 35.9 Å². The van der Waals surface area contributed by atoms with Gasteiger partial charge in [-0.25, -0.2) is 0 Å². The maximum absolute atomic E-state index is 12.0. The predicted octanol–water partition coefficient (Wildman–Crippen LogP) is 5.29. The average molecular weight is 390 g/mol. The van der Waals surface area contributed by atoms with Crippen molar-refractivity contribution in [3.8, 4) is 11.1 Å². The van der Waals surface area contributed by atoms with Gasteiger partial charge in [0.15, 0.2) is 0 Å². The number of hydrogen-bond donors (Lipinski definition) is 1. The first kappa shape index (κ1) is 18.1. The van der Waals surface area contributed by atoms with Crippen LogP contribution in [0.4, 0.5) is 0 Å². The minimum atomic E-state index is -0.196. The molecule has 3 rings (SSSR count). The maximum atomic E-state index is 12.0. The summed E-state index contributed by atoms with van der Waals surface area (Å²) in [7, 11) is 0. The van der Waals surface area contributed by atoms with E-state index in [0.717, 1.165) is 22.0 Å². The maximum Gasteiger partial charge on any atom is 0.244 e. The van der Waals surface area contributed by atoms with E-state index in [4.69, 9.17) is 40.5 Å². The third-order valence-electron chi connectivity index (χ3n) is 3.44. The molecule has 0 aliphatic heterocycles. The molecule has 1 heterocycles. The Balaban J connectivity index is 0.00000192. The van der Waals surface area contributed by atoms with Gasteiger partial charge in [-0.3, -0.25) is 9.36 Å². The lowest BCUT2D eigenvalue weighted by Crippen LogP contribution is -2.20. The average Bonchev–Trinajstić information content (AvgIpc) is 2.88. The van der Waals surface area contributed by atoms with E-state index in [9.17, 15) is 4.79 Å². The SMILES string of the molecule is Cl.NCC(=O)n1cc(-c2ccc(Cl)c(Cl)c2)c2cc(Cl)ccc21. The van der Waals surface area contributed by atoms with Crippen molar-refractivity contribution in [1.82, 2.24) is 4.57 Å². The predicted molar refractivity (Wildman–Crippen MR) is 99.3 cm³/mol. The van der Waals surface area contributed by atoms with Crippen molar-refractivity contribution in [2.24, 2.45) is 5.73 Å². The molecule has 0 saturated heterocycles. The Labute approximate surface area is 154 Å². The molecular formula is C16H12Cl4N2O. The van der Waals surface area contributed by atoms with E-state index in [2.05, 4.69) is 0 Å². The number of hydrogen-bond acceptors (Lipinski definition) is 2. The lowest BCUT2D eigenvalue weighted by Gasteiger charge is -2.02. The van der Waals surface area contributed by atoms with Gasteiger partial charge in [-0.1, -0.05) is 40.9 Å². The van der Waals surface area contributed by atoms with Crippen molar-refractivity contribution in [1.29, 1.82) is 0 Å². The van der Waals surface area contributed by atoms with Crippen LogP contribution < -0.4 is 5.73 Å². The zero-order valence-corrected chi connectivity index (χ0v) is 14.8. The first-order valence-electron chi connectivity index (χ1n) is 6.50. The summed E-state index contributed by atoms with van der Waals surface area (Å²) >= 11 is 18.1. The highest BCUT2D eigenvalue weighted by Gasteiger charge is 2.15. The lowest BCUT2D eigenvalue weighted by atomic mass is 10.1. The molecule has 120 valence electrons. The van der Waals surface area contributed by atoms with Crippen molar-refractivity contribution in [2.75, 3.05) is 6.54 Å². The molecule has 23 heavy (non-hydrogen) atoms. The Hall–Kier alpha value is -1.23. The topological polar surface area (TPSA) is 48.0 Å². The van der Waals surface area contributed by atoms with Crippen LogP contribution in [0.1, 0.15) is 4.79 Å². The zero-order chi connectivity index (χ0) is 15.9. The van der Waals surface area contributed by atoms with Crippen molar-refractivity contribution in [3.05, 3.63) is 57.7 Å². The van der Waals surface area contributed by atoms with E-state index >= 15 is 0 Å². The van der Waals surface area contributed by atoms with E-state index in [-0.39, 0.29) is 24.9 Å². The second-order valence-electron chi connectivity index (χ2n) is 4.80. The largest absolute Gasteiger partial charge is 0.322 e. The van der Waals surface area contributed by atoms with E-state index < -0.39 is 0 Å². The summed E-state index contributed by atoms with van der Waals surface area (Å²) in [6, 6.07) is 10.7. The highest BCUT2D eigenvalue weighted by atomic mass is 35.5. The molecule has 0 amide bonds. The molecule has 3 nitrogen and oxygen atoms in total. The van der Waals surface area contributed by atoms with Crippen LogP contribution in [0.5, 0.6) is 0 Å². The highest BCUT2D eigenvalue weighted by Crippen LogP contribution is 2.35. The van der Waals surface area contributed by atoms with Gasteiger partial charge < -0.3 is 5.73 Å². The second-order valence-corrected chi connectivity index (χ2v) is 6.05. The molecule has 0 unspecified atom stereocenters. The number of benzene rings is 2. The molecule has 0 radical (unpaired) electrons. The normalized spacial score (nSPS) is 10.6. The van der Waals surface area contributed by atoms with Crippen molar-refractivity contribution in [3.63, 3.8) is 0 Å². The summed E-state index contributed by atoms with van der Waals surface area (Å²) in [5.41, 5.74) is 7.93. The summed E-state index contributed by atoms with van der Waals surface area (Å²) in [6.45, 7) is -0.0762. The summed E-state index contributed by atoms with van der Waals surface area (Å²) in [6.07, 6.45) is 1.75. The van der Waals surface area contributed by atoms with Crippen LogP contribution in [0.3, 0.4) is 0 Å². The van der Waals surface area contributed by atoms with Crippen LogP contribution in [0.15, 0.2) is 42.6 Å². The van der Waals surface area contributed by atoms with Gasteiger partial charge in [-0.15, -0.1) is 12.4 Å². The van der Waals surface area contributed by atoms with Crippen molar-refractivity contribution in [2.45, 2.75) is 0 Å². The molecule has 2 aromatic carbocycles. The Morgan fingerprint density at radius 1 is 1.04 bits per heavy atom. The van der Waals surface area contributed by atoms with Gasteiger partial charge in [0.2, 0.25) is 5.91 Å². The van der Waals surface area contributed by atoms with Crippen molar-refractivity contribution < 1.29 is 4.79 Å². The number of carbonyl (C=O) groups is 1. The zero-order valence-electron chi connectivity index (χ0n) is 11.7. The van der Waals surface area contributed by atoms with Gasteiger partial charge >= 0.3 is 0 Å². The number of carbonyl (C=O) groups excluding carboxylic acids is 1. The Bertz CT molecular complexity index is 889. The molecule has 1 aromatic heterocycles. The van der Waals surface area contributed by atoms with E-state index in [1.807, 2.05) is 12.1 Å². The van der Waals surface area contributed by atoms with Crippen LogP contribution in [0, 0.1) is 0 Å². The lowest BCUT2D eigenvalue weighted by molar-refractivity contribution is 0.0929. The molecular weight excluding hydrogens is 378 g/mol. The van der Waals surface area contributed by atoms with Gasteiger partial charge in [0, 0.05) is 22.2 Å². The molecule has 0 bridgehead atoms. The minimum absolute atomic E-state index is 0. The Morgan fingerprint density at radius 2 is 1.78 bits per heavy atom. The molecule has 0 aliphatic carbocycles. The number of nitrogens with two attached hydrogens (primary N) is 1. The molecule has 2 N–H and O–H groups in total. The number of fused-ring (bicyclic) bond motifs is 1. The molecule has 0 aliphatic rings. The highest BCUT2D eigenvalue weighted by molar-refractivity contribution is 6.42. The summed E-state index contributed by atoms with van der Waals surface area (Å²) in [5.74, 6) is -0.196. The third kappa shape index (κ3) is 3.35. The fraction of sp³-hybridized carbons (Fsp3) is 0.0625. The Kier molecular flexibility index (Phi) is 5.61. The fourth-order valence-corrected chi connectivity index (χ4v) is 2.87.